The van der Waals surface area contributed by atoms with Crippen molar-refractivity contribution in [1.29, 1.82) is 0 Å². The molecule has 2 aromatic carbocycles. The Kier molecular flexibility index (Phi) is 5.00. The molecule has 5 heteroatoms. The lowest BCUT2D eigenvalue weighted by Crippen LogP contribution is -2.58. The number of piperazine rings is 1. The molecule has 1 aliphatic rings. The highest BCUT2D eigenvalue weighted by Crippen LogP contribution is 2.27. The second-order valence-corrected chi connectivity index (χ2v) is 7.40. The maximum atomic E-state index is 13.1. The van der Waals surface area contributed by atoms with Gasteiger partial charge in [0, 0.05) is 35.6 Å². The zero-order valence-electron chi connectivity index (χ0n) is 14.8. The first-order valence-corrected chi connectivity index (χ1v) is 9.05. The topological polar surface area (TPSA) is 40.6 Å². The SMILES string of the molecule is CC(C)CN1CCN(C(=O)c2cccc3c(Cl)cccc23)[C@@H](C)C1=O. The fraction of sp³-hybridized carbons (Fsp3) is 0.400. The number of amides is 2. The van der Waals surface area contributed by atoms with Gasteiger partial charge >= 0.3 is 0 Å². The van der Waals surface area contributed by atoms with Crippen LogP contribution in [-0.4, -0.2) is 47.3 Å². The van der Waals surface area contributed by atoms with Crippen LogP contribution in [0.5, 0.6) is 0 Å². The first-order valence-electron chi connectivity index (χ1n) is 8.67. The van der Waals surface area contributed by atoms with Crippen molar-refractivity contribution in [1.82, 2.24) is 9.80 Å². The Bertz CT molecular complexity index is 818. The molecule has 0 aromatic heterocycles. The van der Waals surface area contributed by atoms with Gasteiger partial charge in [-0.1, -0.05) is 49.7 Å². The van der Waals surface area contributed by atoms with Crippen LogP contribution in [0.4, 0.5) is 0 Å². The molecule has 2 amide bonds. The van der Waals surface area contributed by atoms with Crippen LogP contribution in [0, 0.1) is 5.92 Å². The van der Waals surface area contributed by atoms with Gasteiger partial charge in [0.2, 0.25) is 5.91 Å². The molecule has 4 nitrogen and oxygen atoms in total. The number of halogens is 1. The number of carbonyl (C=O) groups excluding carboxylic acids is 2. The average molecular weight is 359 g/mol. The molecule has 0 aliphatic carbocycles. The highest BCUT2D eigenvalue weighted by Gasteiger charge is 2.35. The van der Waals surface area contributed by atoms with E-state index in [4.69, 9.17) is 11.6 Å². The van der Waals surface area contributed by atoms with Gasteiger partial charge in [-0.2, -0.15) is 0 Å². The lowest BCUT2D eigenvalue weighted by Gasteiger charge is -2.40. The summed E-state index contributed by atoms with van der Waals surface area (Å²) in [6.07, 6.45) is 0. The average Bonchev–Trinajstić information content (AvgIpc) is 2.58. The van der Waals surface area contributed by atoms with Crippen molar-refractivity contribution in [3.8, 4) is 0 Å². The third-order valence-electron chi connectivity index (χ3n) is 4.69. The van der Waals surface area contributed by atoms with Crippen molar-refractivity contribution in [2.45, 2.75) is 26.8 Å². The van der Waals surface area contributed by atoms with Crippen molar-refractivity contribution in [2.24, 2.45) is 5.92 Å². The zero-order chi connectivity index (χ0) is 18.1. The number of hydrogen-bond donors (Lipinski definition) is 0. The van der Waals surface area contributed by atoms with E-state index in [9.17, 15) is 9.59 Å². The molecule has 0 N–H and O–H groups in total. The Balaban J connectivity index is 1.90. The summed E-state index contributed by atoms with van der Waals surface area (Å²) in [4.78, 5) is 29.3. The standard InChI is InChI=1S/C20H23ClN2O2/c1-13(2)12-22-10-11-23(14(3)19(22)24)20(25)17-8-4-7-16-15(17)6-5-9-18(16)21/h4-9,13-14H,10-12H2,1-3H3/t14-/m0/s1. The van der Waals surface area contributed by atoms with Gasteiger partial charge in [0.15, 0.2) is 0 Å². The van der Waals surface area contributed by atoms with E-state index in [-0.39, 0.29) is 11.8 Å². The normalized spacial score (nSPS) is 18.3. The quantitative estimate of drug-likeness (QED) is 0.836. The molecular formula is C20H23ClN2O2. The molecule has 132 valence electrons. The molecule has 25 heavy (non-hydrogen) atoms. The largest absolute Gasteiger partial charge is 0.339 e. The van der Waals surface area contributed by atoms with Gasteiger partial charge in [0.25, 0.3) is 5.91 Å². The number of fused-ring (bicyclic) bond motifs is 1. The molecule has 0 radical (unpaired) electrons. The van der Waals surface area contributed by atoms with E-state index in [0.29, 0.717) is 29.6 Å². The molecule has 0 spiro atoms. The molecule has 0 bridgehead atoms. The predicted octanol–water partition coefficient (Wildman–Crippen LogP) is 3.82. The van der Waals surface area contributed by atoms with Gasteiger partial charge in [-0.05, 0) is 30.4 Å². The van der Waals surface area contributed by atoms with Gasteiger partial charge < -0.3 is 9.80 Å². The van der Waals surface area contributed by atoms with Gasteiger partial charge in [0.1, 0.15) is 6.04 Å². The summed E-state index contributed by atoms with van der Waals surface area (Å²) in [6.45, 7) is 7.86. The molecule has 0 unspecified atom stereocenters. The third-order valence-corrected chi connectivity index (χ3v) is 5.02. The van der Waals surface area contributed by atoms with E-state index in [2.05, 4.69) is 13.8 Å². The maximum Gasteiger partial charge on any atom is 0.255 e. The predicted molar refractivity (Wildman–Crippen MR) is 101 cm³/mol. The van der Waals surface area contributed by atoms with Crippen molar-refractivity contribution in [3.63, 3.8) is 0 Å². The summed E-state index contributed by atoms with van der Waals surface area (Å²) >= 11 is 6.25. The smallest absolute Gasteiger partial charge is 0.255 e. The maximum absolute atomic E-state index is 13.1. The van der Waals surface area contributed by atoms with E-state index in [1.807, 2.05) is 42.2 Å². The lowest BCUT2D eigenvalue weighted by molar-refractivity contribution is -0.140. The molecule has 1 saturated heterocycles. The summed E-state index contributed by atoms with van der Waals surface area (Å²) in [5.41, 5.74) is 0.594. The van der Waals surface area contributed by atoms with Gasteiger partial charge in [-0.3, -0.25) is 9.59 Å². The first-order chi connectivity index (χ1) is 11.9. The van der Waals surface area contributed by atoms with Crippen LogP contribution in [0.3, 0.4) is 0 Å². The second-order valence-electron chi connectivity index (χ2n) is 6.99. The highest BCUT2D eigenvalue weighted by atomic mass is 35.5. The van der Waals surface area contributed by atoms with Crippen LogP contribution >= 0.6 is 11.6 Å². The summed E-state index contributed by atoms with van der Waals surface area (Å²) in [6, 6.07) is 10.7. The van der Waals surface area contributed by atoms with Crippen LogP contribution in [0.15, 0.2) is 36.4 Å². The van der Waals surface area contributed by atoms with Gasteiger partial charge in [-0.15, -0.1) is 0 Å². The number of carbonyl (C=O) groups is 2. The highest BCUT2D eigenvalue weighted by molar-refractivity contribution is 6.36. The van der Waals surface area contributed by atoms with E-state index < -0.39 is 6.04 Å². The van der Waals surface area contributed by atoms with E-state index in [0.717, 1.165) is 17.3 Å². The summed E-state index contributed by atoms with van der Waals surface area (Å²) in [5, 5.41) is 2.30. The summed E-state index contributed by atoms with van der Waals surface area (Å²) < 4.78 is 0. The Hall–Kier alpha value is -2.07. The molecule has 1 atom stereocenters. The Morgan fingerprint density at radius 1 is 1.16 bits per heavy atom. The monoisotopic (exact) mass is 358 g/mol. The van der Waals surface area contributed by atoms with Crippen LogP contribution in [0.2, 0.25) is 5.02 Å². The zero-order valence-corrected chi connectivity index (χ0v) is 15.6. The van der Waals surface area contributed by atoms with Crippen LogP contribution in [0.25, 0.3) is 10.8 Å². The van der Waals surface area contributed by atoms with Crippen molar-refractivity contribution in [2.75, 3.05) is 19.6 Å². The molecular weight excluding hydrogens is 336 g/mol. The van der Waals surface area contributed by atoms with Crippen LogP contribution in [0.1, 0.15) is 31.1 Å². The van der Waals surface area contributed by atoms with Crippen molar-refractivity contribution < 1.29 is 9.59 Å². The Morgan fingerprint density at radius 2 is 1.84 bits per heavy atom. The lowest BCUT2D eigenvalue weighted by atomic mass is 10.0. The molecule has 1 fully saturated rings. The molecule has 0 saturated carbocycles. The fourth-order valence-corrected chi connectivity index (χ4v) is 3.68. The van der Waals surface area contributed by atoms with Crippen LogP contribution in [-0.2, 0) is 4.79 Å². The van der Waals surface area contributed by atoms with Crippen molar-refractivity contribution in [3.05, 3.63) is 47.0 Å². The Morgan fingerprint density at radius 3 is 2.56 bits per heavy atom. The molecule has 2 aromatic rings. The minimum Gasteiger partial charge on any atom is -0.339 e. The number of nitrogens with zero attached hydrogens (tertiary/aromatic N) is 2. The second kappa shape index (κ2) is 7.04. The molecule has 3 rings (SSSR count). The number of benzene rings is 2. The summed E-state index contributed by atoms with van der Waals surface area (Å²) in [5.74, 6) is 0.322. The molecule has 1 heterocycles. The minimum absolute atomic E-state index is 0.0200. The minimum atomic E-state index is -0.450. The summed E-state index contributed by atoms with van der Waals surface area (Å²) in [7, 11) is 0. The van der Waals surface area contributed by atoms with E-state index in [1.165, 1.54) is 0 Å². The number of hydrogen-bond acceptors (Lipinski definition) is 2. The van der Waals surface area contributed by atoms with Crippen LogP contribution < -0.4 is 0 Å². The van der Waals surface area contributed by atoms with Gasteiger partial charge in [-0.25, -0.2) is 0 Å². The van der Waals surface area contributed by atoms with E-state index >= 15 is 0 Å². The third kappa shape index (κ3) is 3.36. The van der Waals surface area contributed by atoms with E-state index in [1.54, 1.807) is 11.0 Å². The van der Waals surface area contributed by atoms with Crippen molar-refractivity contribution >= 4 is 34.2 Å². The fourth-order valence-electron chi connectivity index (χ4n) is 3.44. The number of rotatable bonds is 3. The first kappa shape index (κ1) is 17.7. The molecule has 1 aliphatic heterocycles. The van der Waals surface area contributed by atoms with Gasteiger partial charge in [0.05, 0.1) is 0 Å². The Labute approximate surface area is 153 Å².